The number of anilines is 1. The molecular weight excluding hydrogens is 368 g/mol. The number of halogens is 2. The Hall–Kier alpha value is -3.29. The minimum Gasteiger partial charge on any atom is -0.323 e. The van der Waals surface area contributed by atoms with Crippen molar-refractivity contribution in [3.8, 4) is 0 Å². The fourth-order valence-electron chi connectivity index (χ4n) is 3.02. The van der Waals surface area contributed by atoms with Crippen LogP contribution in [0.3, 0.4) is 0 Å². The number of nitrogens with zero attached hydrogens (tertiary/aromatic N) is 1. The molecule has 1 saturated heterocycles. The fraction of sp³-hybridized carbons (Fsp3) is 0.250. The van der Waals surface area contributed by atoms with E-state index in [1.54, 1.807) is 6.92 Å². The van der Waals surface area contributed by atoms with Crippen LogP contribution in [-0.2, 0) is 16.0 Å². The summed E-state index contributed by atoms with van der Waals surface area (Å²) in [5.74, 6) is -3.01. The predicted molar refractivity (Wildman–Crippen MR) is 98.4 cm³/mol. The molecule has 3 rings (SSSR count). The lowest BCUT2D eigenvalue weighted by atomic mass is 9.93. The van der Waals surface area contributed by atoms with Gasteiger partial charge >= 0.3 is 6.03 Å². The average Bonchev–Trinajstić information content (AvgIpc) is 2.87. The highest BCUT2D eigenvalue weighted by Gasteiger charge is 2.47. The molecule has 1 fully saturated rings. The van der Waals surface area contributed by atoms with Gasteiger partial charge in [-0.15, -0.1) is 0 Å². The quantitative estimate of drug-likeness (QED) is 0.748. The van der Waals surface area contributed by atoms with Crippen molar-refractivity contribution in [3.05, 3.63) is 65.7 Å². The lowest BCUT2D eigenvalue weighted by molar-refractivity contribution is -0.133. The Bertz CT molecular complexity index is 920. The molecule has 6 nitrogen and oxygen atoms in total. The van der Waals surface area contributed by atoms with Crippen molar-refractivity contribution in [2.24, 2.45) is 0 Å². The molecule has 28 heavy (non-hydrogen) atoms. The SMILES string of the molecule is C[C@@]1(CCc2ccccc2)NC(=O)N(CC(=O)Nc2ccc(F)cc2F)C1=O. The van der Waals surface area contributed by atoms with Crippen LogP contribution in [0.2, 0.25) is 0 Å². The molecule has 0 radical (unpaired) electrons. The summed E-state index contributed by atoms with van der Waals surface area (Å²) in [5.41, 5.74) is -0.340. The van der Waals surface area contributed by atoms with Crippen LogP contribution < -0.4 is 10.6 Å². The highest BCUT2D eigenvalue weighted by molar-refractivity contribution is 6.09. The smallest absolute Gasteiger partial charge is 0.323 e. The lowest BCUT2D eigenvalue weighted by Crippen LogP contribution is -2.45. The maximum absolute atomic E-state index is 13.6. The summed E-state index contributed by atoms with van der Waals surface area (Å²) in [5, 5.41) is 4.86. The second-order valence-electron chi connectivity index (χ2n) is 6.81. The maximum Gasteiger partial charge on any atom is 0.325 e. The molecule has 1 heterocycles. The van der Waals surface area contributed by atoms with Gasteiger partial charge in [-0.1, -0.05) is 30.3 Å². The molecule has 1 atom stereocenters. The molecule has 4 amide bonds. The number of rotatable bonds is 6. The van der Waals surface area contributed by atoms with Crippen LogP contribution in [-0.4, -0.2) is 34.8 Å². The third-order valence-electron chi connectivity index (χ3n) is 4.61. The third-order valence-corrected chi connectivity index (χ3v) is 4.61. The summed E-state index contributed by atoms with van der Waals surface area (Å²) in [4.78, 5) is 37.8. The monoisotopic (exact) mass is 387 g/mol. The van der Waals surface area contributed by atoms with E-state index in [1.807, 2.05) is 30.3 Å². The van der Waals surface area contributed by atoms with Gasteiger partial charge in [-0.2, -0.15) is 0 Å². The zero-order valence-electron chi connectivity index (χ0n) is 15.2. The first-order valence-electron chi connectivity index (χ1n) is 8.71. The molecule has 1 aliphatic rings. The van der Waals surface area contributed by atoms with Crippen molar-refractivity contribution in [3.63, 3.8) is 0 Å². The van der Waals surface area contributed by atoms with Gasteiger partial charge in [0.15, 0.2) is 0 Å². The Balaban J connectivity index is 1.63. The number of aryl methyl sites for hydroxylation is 1. The second kappa shape index (κ2) is 7.75. The van der Waals surface area contributed by atoms with Gasteiger partial charge in [0.1, 0.15) is 23.7 Å². The van der Waals surface area contributed by atoms with E-state index in [2.05, 4.69) is 10.6 Å². The van der Waals surface area contributed by atoms with Gasteiger partial charge in [0, 0.05) is 6.07 Å². The van der Waals surface area contributed by atoms with Gasteiger partial charge in [0.2, 0.25) is 5.91 Å². The van der Waals surface area contributed by atoms with Crippen molar-refractivity contribution in [2.45, 2.75) is 25.3 Å². The Morgan fingerprint density at radius 2 is 1.86 bits per heavy atom. The van der Waals surface area contributed by atoms with Gasteiger partial charge < -0.3 is 10.6 Å². The number of imide groups is 1. The van der Waals surface area contributed by atoms with Crippen LogP contribution >= 0.6 is 0 Å². The van der Waals surface area contributed by atoms with Crippen molar-refractivity contribution in [1.82, 2.24) is 10.2 Å². The largest absolute Gasteiger partial charge is 0.325 e. The number of carbonyl (C=O) groups excluding carboxylic acids is 3. The minimum atomic E-state index is -1.13. The van der Waals surface area contributed by atoms with E-state index in [0.717, 1.165) is 22.6 Å². The second-order valence-corrected chi connectivity index (χ2v) is 6.81. The number of carbonyl (C=O) groups is 3. The first-order chi connectivity index (χ1) is 13.3. The zero-order chi connectivity index (χ0) is 20.3. The molecule has 1 aliphatic heterocycles. The predicted octanol–water partition coefficient (Wildman–Crippen LogP) is 2.85. The van der Waals surface area contributed by atoms with Crippen LogP contribution in [0.1, 0.15) is 18.9 Å². The average molecular weight is 387 g/mol. The number of nitrogens with one attached hydrogen (secondary N) is 2. The van der Waals surface area contributed by atoms with E-state index in [1.165, 1.54) is 0 Å². The highest BCUT2D eigenvalue weighted by Crippen LogP contribution is 2.23. The molecule has 2 N–H and O–H groups in total. The Morgan fingerprint density at radius 3 is 2.54 bits per heavy atom. The van der Waals surface area contributed by atoms with E-state index in [0.29, 0.717) is 18.9 Å². The summed E-state index contributed by atoms with van der Waals surface area (Å²) in [6, 6.07) is 11.5. The lowest BCUT2D eigenvalue weighted by Gasteiger charge is -2.21. The van der Waals surface area contributed by atoms with Crippen molar-refractivity contribution >= 4 is 23.5 Å². The Labute approximate surface area is 160 Å². The van der Waals surface area contributed by atoms with Crippen LogP contribution in [0.5, 0.6) is 0 Å². The molecule has 0 bridgehead atoms. The van der Waals surface area contributed by atoms with E-state index in [9.17, 15) is 23.2 Å². The molecule has 8 heteroatoms. The summed E-state index contributed by atoms with van der Waals surface area (Å²) in [6.07, 6.45) is 0.941. The molecule has 0 aliphatic carbocycles. The number of amides is 4. The van der Waals surface area contributed by atoms with Crippen molar-refractivity contribution < 1.29 is 23.2 Å². The van der Waals surface area contributed by atoms with E-state index < -0.39 is 41.6 Å². The van der Waals surface area contributed by atoms with E-state index in [4.69, 9.17) is 0 Å². The van der Waals surface area contributed by atoms with Crippen molar-refractivity contribution in [1.29, 1.82) is 0 Å². The summed E-state index contributed by atoms with van der Waals surface area (Å²) in [7, 11) is 0. The van der Waals surface area contributed by atoms with Crippen molar-refractivity contribution in [2.75, 3.05) is 11.9 Å². The first-order valence-corrected chi connectivity index (χ1v) is 8.71. The van der Waals surface area contributed by atoms with Gasteiger partial charge in [-0.05, 0) is 37.5 Å². The molecule has 146 valence electrons. The van der Waals surface area contributed by atoms with E-state index >= 15 is 0 Å². The molecule has 2 aromatic rings. The molecule has 0 aromatic heterocycles. The molecule has 2 aromatic carbocycles. The Morgan fingerprint density at radius 1 is 1.14 bits per heavy atom. The highest BCUT2D eigenvalue weighted by atomic mass is 19.1. The third kappa shape index (κ3) is 4.16. The number of hydrogen-bond donors (Lipinski definition) is 2. The molecule has 0 spiro atoms. The van der Waals surface area contributed by atoms with Gasteiger partial charge in [-0.25, -0.2) is 13.6 Å². The number of urea groups is 1. The molecular formula is C20H19F2N3O3. The topological polar surface area (TPSA) is 78.5 Å². The zero-order valence-corrected chi connectivity index (χ0v) is 15.2. The van der Waals surface area contributed by atoms with Crippen LogP contribution in [0, 0.1) is 11.6 Å². The van der Waals surface area contributed by atoms with Gasteiger partial charge in [-0.3, -0.25) is 14.5 Å². The normalized spacial score (nSPS) is 18.9. The number of hydrogen-bond acceptors (Lipinski definition) is 3. The minimum absolute atomic E-state index is 0.231. The van der Waals surface area contributed by atoms with Gasteiger partial charge in [0.05, 0.1) is 5.69 Å². The summed E-state index contributed by atoms with van der Waals surface area (Å²) < 4.78 is 26.6. The first kappa shape index (κ1) is 19.5. The number of benzene rings is 2. The Kier molecular flexibility index (Phi) is 5.39. The van der Waals surface area contributed by atoms with E-state index in [-0.39, 0.29) is 5.69 Å². The standard InChI is InChI=1S/C20H19F2N3O3/c1-20(10-9-13-5-3-2-4-6-13)18(27)25(19(28)24-20)12-17(26)23-16-8-7-14(21)11-15(16)22/h2-8,11H,9-10,12H2,1H3,(H,23,26)(H,24,28)/t20-/m0/s1. The summed E-state index contributed by atoms with van der Waals surface area (Å²) in [6.45, 7) is 1.04. The molecule has 0 saturated carbocycles. The fourth-order valence-corrected chi connectivity index (χ4v) is 3.02. The van der Waals surface area contributed by atoms with Crippen LogP contribution in [0.15, 0.2) is 48.5 Å². The summed E-state index contributed by atoms with van der Waals surface area (Å²) >= 11 is 0. The molecule has 0 unspecified atom stereocenters. The van der Waals surface area contributed by atoms with Crippen LogP contribution in [0.4, 0.5) is 19.3 Å². The van der Waals surface area contributed by atoms with Crippen LogP contribution in [0.25, 0.3) is 0 Å². The maximum atomic E-state index is 13.6. The van der Waals surface area contributed by atoms with Gasteiger partial charge in [0.25, 0.3) is 5.91 Å².